The summed E-state index contributed by atoms with van der Waals surface area (Å²) < 4.78 is 0. The van der Waals surface area contributed by atoms with Crippen molar-refractivity contribution in [2.45, 2.75) is 13.5 Å². The second-order valence-electron chi connectivity index (χ2n) is 4.57. The second-order valence-corrected chi connectivity index (χ2v) is 4.57. The maximum atomic E-state index is 11.0. The van der Waals surface area contributed by atoms with Crippen molar-refractivity contribution in [1.82, 2.24) is 0 Å². The van der Waals surface area contributed by atoms with Gasteiger partial charge in [0.05, 0.1) is 10.5 Å². The van der Waals surface area contributed by atoms with Gasteiger partial charge >= 0.3 is 5.97 Å². The molecule has 0 aromatic heterocycles. The minimum atomic E-state index is -1.12. The summed E-state index contributed by atoms with van der Waals surface area (Å²) in [4.78, 5) is 21.4. The van der Waals surface area contributed by atoms with Crippen LogP contribution in [-0.4, -0.2) is 16.0 Å². The molecular weight excluding hydrogens is 272 g/mol. The SMILES string of the molecule is Cc1ccccc1CNc1cc(C(=O)O)ccc1[N+](=O)[O-]. The normalized spacial score (nSPS) is 10.1. The summed E-state index contributed by atoms with van der Waals surface area (Å²) in [5.74, 6) is -1.12. The van der Waals surface area contributed by atoms with E-state index in [2.05, 4.69) is 5.32 Å². The van der Waals surface area contributed by atoms with Gasteiger partial charge < -0.3 is 10.4 Å². The molecule has 6 heteroatoms. The average Bonchev–Trinajstić information content (AvgIpc) is 2.46. The van der Waals surface area contributed by atoms with Crippen LogP contribution in [0.2, 0.25) is 0 Å². The lowest BCUT2D eigenvalue weighted by molar-refractivity contribution is -0.384. The summed E-state index contributed by atoms with van der Waals surface area (Å²) >= 11 is 0. The maximum Gasteiger partial charge on any atom is 0.335 e. The lowest BCUT2D eigenvalue weighted by atomic mass is 10.1. The van der Waals surface area contributed by atoms with Crippen LogP contribution in [0.1, 0.15) is 21.5 Å². The lowest BCUT2D eigenvalue weighted by Crippen LogP contribution is -2.06. The number of nitrogens with zero attached hydrogens (tertiary/aromatic N) is 1. The van der Waals surface area contributed by atoms with Crippen LogP contribution in [0, 0.1) is 17.0 Å². The van der Waals surface area contributed by atoms with Crippen LogP contribution in [0.5, 0.6) is 0 Å². The minimum absolute atomic E-state index is 0.00730. The first-order valence-electron chi connectivity index (χ1n) is 6.29. The molecule has 0 atom stereocenters. The number of nitro benzene ring substituents is 1. The molecule has 0 amide bonds. The molecule has 2 rings (SSSR count). The molecule has 0 heterocycles. The lowest BCUT2D eigenvalue weighted by Gasteiger charge is -2.10. The molecule has 2 N–H and O–H groups in total. The van der Waals surface area contributed by atoms with Crippen LogP contribution in [0.4, 0.5) is 11.4 Å². The largest absolute Gasteiger partial charge is 0.478 e. The van der Waals surface area contributed by atoms with E-state index >= 15 is 0 Å². The molecule has 0 aliphatic heterocycles. The molecule has 0 bridgehead atoms. The molecule has 2 aromatic carbocycles. The standard InChI is InChI=1S/C15H14N2O4/c1-10-4-2-3-5-12(10)9-16-13-8-11(15(18)19)6-7-14(13)17(20)21/h2-8,16H,9H2,1H3,(H,18,19). The number of anilines is 1. The number of aryl methyl sites for hydroxylation is 1. The summed E-state index contributed by atoms with van der Waals surface area (Å²) in [7, 11) is 0. The fraction of sp³-hybridized carbons (Fsp3) is 0.133. The van der Waals surface area contributed by atoms with Crippen molar-refractivity contribution in [2.75, 3.05) is 5.32 Å². The first-order chi connectivity index (χ1) is 9.99. The first kappa shape index (κ1) is 14.5. The van der Waals surface area contributed by atoms with E-state index in [-0.39, 0.29) is 16.9 Å². The quantitative estimate of drug-likeness (QED) is 0.650. The van der Waals surface area contributed by atoms with Crippen LogP contribution >= 0.6 is 0 Å². The van der Waals surface area contributed by atoms with E-state index in [1.807, 2.05) is 31.2 Å². The van der Waals surface area contributed by atoms with E-state index in [1.54, 1.807) is 0 Å². The summed E-state index contributed by atoms with van der Waals surface area (Å²) in [6.45, 7) is 2.33. The van der Waals surface area contributed by atoms with E-state index in [0.29, 0.717) is 6.54 Å². The highest BCUT2D eigenvalue weighted by Gasteiger charge is 2.16. The number of carboxylic acids is 1. The van der Waals surface area contributed by atoms with Crippen LogP contribution in [0.3, 0.4) is 0 Å². The number of hydrogen-bond acceptors (Lipinski definition) is 4. The van der Waals surface area contributed by atoms with E-state index in [9.17, 15) is 14.9 Å². The molecule has 0 unspecified atom stereocenters. The number of nitrogens with one attached hydrogen (secondary N) is 1. The second kappa shape index (κ2) is 6.04. The van der Waals surface area contributed by atoms with Gasteiger partial charge in [-0.15, -0.1) is 0 Å². The number of rotatable bonds is 5. The van der Waals surface area contributed by atoms with Gasteiger partial charge in [0.2, 0.25) is 0 Å². The molecule has 6 nitrogen and oxygen atoms in total. The number of aromatic carboxylic acids is 1. The smallest absolute Gasteiger partial charge is 0.335 e. The fourth-order valence-electron chi connectivity index (χ4n) is 1.97. The van der Waals surface area contributed by atoms with Crippen LogP contribution in [0.25, 0.3) is 0 Å². The minimum Gasteiger partial charge on any atom is -0.478 e. The highest BCUT2D eigenvalue weighted by Crippen LogP contribution is 2.26. The van der Waals surface area contributed by atoms with Crippen molar-refractivity contribution in [2.24, 2.45) is 0 Å². The van der Waals surface area contributed by atoms with Crippen molar-refractivity contribution in [3.63, 3.8) is 0 Å². The Bertz CT molecular complexity index is 698. The molecule has 0 saturated heterocycles. The van der Waals surface area contributed by atoms with E-state index in [0.717, 1.165) is 11.1 Å². The Balaban J connectivity index is 2.29. The molecule has 0 fully saturated rings. The van der Waals surface area contributed by atoms with Gasteiger partial charge in [0, 0.05) is 12.6 Å². The zero-order valence-electron chi connectivity index (χ0n) is 11.4. The molecule has 2 aromatic rings. The number of hydrogen-bond donors (Lipinski definition) is 2. The summed E-state index contributed by atoms with van der Waals surface area (Å²) in [6, 6.07) is 11.3. The topological polar surface area (TPSA) is 92.5 Å². The highest BCUT2D eigenvalue weighted by atomic mass is 16.6. The Kier molecular flexibility index (Phi) is 4.18. The Hall–Kier alpha value is -2.89. The molecule has 21 heavy (non-hydrogen) atoms. The van der Waals surface area contributed by atoms with E-state index in [4.69, 9.17) is 5.11 Å². The van der Waals surface area contributed by atoms with Crippen LogP contribution < -0.4 is 5.32 Å². The third-order valence-electron chi connectivity index (χ3n) is 3.17. The van der Waals surface area contributed by atoms with Gasteiger partial charge in [0.15, 0.2) is 0 Å². The average molecular weight is 286 g/mol. The number of carboxylic acid groups (broad SMARTS) is 1. The van der Waals surface area contributed by atoms with Gasteiger partial charge in [-0.2, -0.15) is 0 Å². The predicted octanol–water partition coefficient (Wildman–Crippen LogP) is 3.21. The van der Waals surface area contributed by atoms with Gasteiger partial charge in [-0.05, 0) is 30.2 Å². The molecule has 0 aliphatic rings. The van der Waals surface area contributed by atoms with E-state index < -0.39 is 10.9 Å². The molecule has 0 spiro atoms. The number of nitro groups is 1. The third kappa shape index (κ3) is 3.36. The fourth-order valence-corrected chi connectivity index (χ4v) is 1.97. The van der Waals surface area contributed by atoms with Gasteiger partial charge in [-0.3, -0.25) is 10.1 Å². The Morgan fingerprint density at radius 2 is 2.00 bits per heavy atom. The molecule has 108 valence electrons. The van der Waals surface area contributed by atoms with E-state index in [1.165, 1.54) is 18.2 Å². The highest BCUT2D eigenvalue weighted by molar-refractivity contribution is 5.90. The molecule has 0 saturated carbocycles. The van der Waals surface area contributed by atoms with Crippen molar-refractivity contribution in [3.8, 4) is 0 Å². The Labute approximate surface area is 121 Å². The number of carbonyl (C=O) groups is 1. The molecular formula is C15H14N2O4. The van der Waals surface area contributed by atoms with Gasteiger partial charge in [-0.25, -0.2) is 4.79 Å². The summed E-state index contributed by atoms with van der Waals surface area (Å²) in [5.41, 5.74) is 2.11. The summed E-state index contributed by atoms with van der Waals surface area (Å²) in [6.07, 6.45) is 0. The molecule has 0 aliphatic carbocycles. The summed E-state index contributed by atoms with van der Waals surface area (Å²) in [5, 5.41) is 22.9. The van der Waals surface area contributed by atoms with Crippen molar-refractivity contribution < 1.29 is 14.8 Å². The predicted molar refractivity (Wildman–Crippen MR) is 78.6 cm³/mol. The number of benzene rings is 2. The van der Waals surface area contributed by atoms with Gasteiger partial charge in [0.1, 0.15) is 5.69 Å². The van der Waals surface area contributed by atoms with Crippen LogP contribution in [0.15, 0.2) is 42.5 Å². The molecule has 0 radical (unpaired) electrons. The Morgan fingerprint density at radius 1 is 1.29 bits per heavy atom. The first-order valence-corrected chi connectivity index (χ1v) is 6.29. The van der Waals surface area contributed by atoms with Crippen LogP contribution in [-0.2, 0) is 6.54 Å². The monoisotopic (exact) mass is 286 g/mol. The third-order valence-corrected chi connectivity index (χ3v) is 3.17. The maximum absolute atomic E-state index is 11.0. The zero-order valence-corrected chi connectivity index (χ0v) is 11.4. The zero-order chi connectivity index (χ0) is 15.4. The van der Waals surface area contributed by atoms with Crippen molar-refractivity contribution in [1.29, 1.82) is 0 Å². The van der Waals surface area contributed by atoms with Crippen molar-refractivity contribution >= 4 is 17.3 Å². The van der Waals surface area contributed by atoms with Gasteiger partial charge in [0.25, 0.3) is 5.69 Å². The van der Waals surface area contributed by atoms with Crippen molar-refractivity contribution in [3.05, 3.63) is 69.3 Å². The van der Waals surface area contributed by atoms with Gasteiger partial charge in [-0.1, -0.05) is 24.3 Å². The Morgan fingerprint density at radius 3 is 2.62 bits per heavy atom.